The number of aromatic nitrogens is 2. The maximum absolute atomic E-state index is 12.9. The Hall–Kier alpha value is -3.41. The van der Waals surface area contributed by atoms with Crippen molar-refractivity contribution < 1.29 is 9.53 Å². The number of nitrogen functional groups attached to an aromatic ring is 1. The summed E-state index contributed by atoms with van der Waals surface area (Å²) >= 11 is 0. The Morgan fingerprint density at radius 3 is 2.63 bits per heavy atom. The summed E-state index contributed by atoms with van der Waals surface area (Å²) in [6.07, 6.45) is 3.52. The van der Waals surface area contributed by atoms with Gasteiger partial charge in [-0.15, -0.1) is 0 Å². The summed E-state index contributed by atoms with van der Waals surface area (Å²) in [5.41, 5.74) is 10.5. The molecule has 154 valence electrons. The molecular weight excluding hydrogens is 376 g/mol. The lowest BCUT2D eigenvalue weighted by Gasteiger charge is -2.33. The lowest BCUT2D eigenvalue weighted by Crippen LogP contribution is -2.39. The van der Waals surface area contributed by atoms with Gasteiger partial charge in [-0.1, -0.05) is 12.1 Å². The number of carbonyl (C=O) groups excluding carboxylic acids is 1. The van der Waals surface area contributed by atoms with Crippen LogP contribution in [-0.2, 0) is 0 Å². The number of benzene rings is 1. The number of methoxy groups -OCH3 is 1. The van der Waals surface area contributed by atoms with Gasteiger partial charge in [-0.05, 0) is 67.3 Å². The molecule has 1 unspecified atom stereocenters. The number of anilines is 1. The zero-order valence-electron chi connectivity index (χ0n) is 17.3. The van der Waals surface area contributed by atoms with Crippen LogP contribution >= 0.6 is 0 Å². The minimum absolute atomic E-state index is 0.00442. The molecule has 1 aliphatic rings. The topological polar surface area (TPSA) is 81.3 Å². The number of rotatable bonds is 4. The number of amides is 1. The third kappa shape index (κ3) is 4.27. The van der Waals surface area contributed by atoms with Crippen molar-refractivity contribution >= 4 is 11.7 Å². The number of aryl methyl sites for hydroxylation is 1. The Bertz CT molecular complexity index is 1030. The fourth-order valence-corrected chi connectivity index (χ4v) is 3.97. The maximum Gasteiger partial charge on any atom is 0.255 e. The highest BCUT2D eigenvalue weighted by molar-refractivity contribution is 5.94. The predicted molar refractivity (Wildman–Crippen MR) is 117 cm³/mol. The second-order valence-corrected chi connectivity index (χ2v) is 7.71. The highest BCUT2D eigenvalue weighted by Crippen LogP contribution is 2.31. The van der Waals surface area contributed by atoms with E-state index in [0.29, 0.717) is 17.9 Å². The number of likely N-dealkylation sites (tertiary alicyclic amines) is 1. The van der Waals surface area contributed by atoms with Gasteiger partial charge in [-0.3, -0.25) is 9.78 Å². The first-order valence-corrected chi connectivity index (χ1v) is 10.2. The molecule has 2 aromatic heterocycles. The standard InChI is InChI=1S/C24H26N4O2/c1-16-12-20(17-5-8-21(30-2)9-6-17)13-22(27-16)19-4-3-11-28(15-19)24(29)18-7-10-23(25)26-14-18/h5-10,12-14,19H,3-4,11,15H2,1-2H3,(H2,25,26). The molecule has 1 aliphatic heterocycles. The molecule has 1 saturated heterocycles. The lowest BCUT2D eigenvalue weighted by molar-refractivity contribution is 0.0705. The lowest BCUT2D eigenvalue weighted by atomic mass is 9.92. The van der Waals surface area contributed by atoms with E-state index in [4.69, 9.17) is 15.5 Å². The number of nitrogens with zero attached hydrogens (tertiary/aromatic N) is 3. The van der Waals surface area contributed by atoms with Gasteiger partial charge in [0, 0.05) is 36.6 Å². The number of pyridine rings is 2. The number of hydrogen-bond acceptors (Lipinski definition) is 5. The fraction of sp³-hybridized carbons (Fsp3) is 0.292. The van der Waals surface area contributed by atoms with Crippen molar-refractivity contribution in [3.05, 3.63) is 71.7 Å². The van der Waals surface area contributed by atoms with E-state index >= 15 is 0 Å². The summed E-state index contributed by atoms with van der Waals surface area (Å²) in [5.74, 6) is 1.46. The van der Waals surface area contributed by atoms with Crippen molar-refractivity contribution in [3.8, 4) is 16.9 Å². The van der Waals surface area contributed by atoms with Gasteiger partial charge in [0.25, 0.3) is 5.91 Å². The van der Waals surface area contributed by atoms with Gasteiger partial charge in [0.05, 0.1) is 12.7 Å². The molecule has 2 N–H and O–H groups in total. The van der Waals surface area contributed by atoms with E-state index in [2.05, 4.69) is 29.2 Å². The summed E-state index contributed by atoms with van der Waals surface area (Å²) in [5, 5.41) is 0. The van der Waals surface area contributed by atoms with E-state index in [9.17, 15) is 4.79 Å². The van der Waals surface area contributed by atoms with Crippen molar-refractivity contribution in [2.24, 2.45) is 0 Å². The molecule has 3 aromatic rings. The first-order valence-electron chi connectivity index (χ1n) is 10.2. The Morgan fingerprint density at radius 1 is 1.13 bits per heavy atom. The van der Waals surface area contributed by atoms with Crippen molar-refractivity contribution in [1.29, 1.82) is 0 Å². The number of ether oxygens (including phenoxy) is 1. The summed E-state index contributed by atoms with van der Waals surface area (Å²) in [6, 6.07) is 15.7. The van der Waals surface area contributed by atoms with Crippen LogP contribution in [0.3, 0.4) is 0 Å². The molecular formula is C24H26N4O2. The van der Waals surface area contributed by atoms with E-state index in [-0.39, 0.29) is 11.8 Å². The van der Waals surface area contributed by atoms with Crippen LogP contribution < -0.4 is 10.5 Å². The fourth-order valence-electron chi connectivity index (χ4n) is 3.97. The normalized spacial score (nSPS) is 16.3. The van der Waals surface area contributed by atoms with E-state index in [1.807, 2.05) is 24.0 Å². The smallest absolute Gasteiger partial charge is 0.255 e. The van der Waals surface area contributed by atoms with Gasteiger partial charge in [0.1, 0.15) is 11.6 Å². The highest BCUT2D eigenvalue weighted by atomic mass is 16.5. The molecule has 0 spiro atoms. The Balaban J connectivity index is 1.56. The van der Waals surface area contributed by atoms with E-state index in [1.165, 1.54) is 0 Å². The van der Waals surface area contributed by atoms with Crippen LogP contribution in [0.2, 0.25) is 0 Å². The predicted octanol–water partition coefficient (Wildman–Crippen LogP) is 4.06. The zero-order chi connectivity index (χ0) is 21.1. The molecule has 1 atom stereocenters. The molecule has 0 aliphatic carbocycles. The summed E-state index contributed by atoms with van der Waals surface area (Å²) in [6.45, 7) is 3.42. The Labute approximate surface area is 176 Å². The van der Waals surface area contributed by atoms with Crippen LogP contribution in [0.5, 0.6) is 5.75 Å². The zero-order valence-corrected chi connectivity index (χ0v) is 17.3. The maximum atomic E-state index is 12.9. The van der Waals surface area contributed by atoms with Gasteiger partial charge in [-0.2, -0.15) is 0 Å². The van der Waals surface area contributed by atoms with E-state index in [0.717, 1.165) is 47.7 Å². The Kier molecular flexibility index (Phi) is 5.65. The van der Waals surface area contributed by atoms with Gasteiger partial charge in [-0.25, -0.2) is 4.98 Å². The van der Waals surface area contributed by atoms with Gasteiger partial charge in [0.2, 0.25) is 0 Å². The molecule has 4 rings (SSSR count). The van der Waals surface area contributed by atoms with Crippen molar-refractivity contribution in [2.75, 3.05) is 25.9 Å². The van der Waals surface area contributed by atoms with Crippen molar-refractivity contribution in [3.63, 3.8) is 0 Å². The van der Waals surface area contributed by atoms with E-state index < -0.39 is 0 Å². The number of nitrogens with two attached hydrogens (primary N) is 1. The van der Waals surface area contributed by atoms with Crippen LogP contribution in [0.15, 0.2) is 54.7 Å². The summed E-state index contributed by atoms with van der Waals surface area (Å²) in [7, 11) is 1.67. The van der Waals surface area contributed by atoms with Crippen LogP contribution in [0.25, 0.3) is 11.1 Å². The number of piperidine rings is 1. The van der Waals surface area contributed by atoms with Gasteiger partial charge in [0.15, 0.2) is 0 Å². The first-order chi connectivity index (χ1) is 14.5. The minimum atomic E-state index is -0.00442. The van der Waals surface area contributed by atoms with Crippen molar-refractivity contribution in [1.82, 2.24) is 14.9 Å². The highest BCUT2D eigenvalue weighted by Gasteiger charge is 2.27. The van der Waals surface area contributed by atoms with E-state index in [1.54, 1.807) is 25.4 Å². The van der Waals surface area contributed by atoms with Crippen LogP contribution in [-0.4, -0.2) is 41.0 Å². The van der Waals surface area contributed by atoms with Crippen LogP contribution in [0.4, 0.5) is 5.82 Å². The molecule has 6 nitrogen and oxygen atoms in total. The number of carbonyl (C=O) groups is 1. The number of hydrogen-bond donors (Lipinski definition) is 1. The largest absolute Gasteiger partial charge is 0.497 e. The SMILES string of the molecule is COc1ccc(-c2cc(C)nc(C3CCCN(C(=O)c4ccc(N)nc4)C3)c2)cc1. The van der Waals surface area contributed by atoms with Crippen LogP contribution in [0.1, 0.15) is 40.5 Å². The average Bonchev–Trinajstić information content (AvgIpc) is 2.79. The second-order valence-electron chi connectivity index (χ2n) is 7.71. The molecule has 0 bridgehead atoms. The summed E-state index contributed by atoms with van der Waals surface area (Å²) in [4.78, 5) is 23.7. The van der Waals surface area contributed by atoms with Crippen molar-refractivity contribution in [2.45, 2.75) is 25.7 Å². The molecule has 1 aromatic carbocycles. The van der Waals surface area contributed by atoms with Gasteiger partial charge >= 0.3 is 0 Å². The third-order valence-electron chi connectivity index (χ3n) is 5.56. The molecule has 0 radical (unpaired) electrons. The molecule has 0 saturated carbocycles. The minimum Gasteiger partial charge on any atom is -0.497 e. The third-order valence-corrected chi connectivity index (χ3v) is 5.56. The van der Waals surface area contributed by atoms with Gasteiger partial charge < -0.3 is 15.4 Å². The molecule has 1 fully saturated rings. The molecule has 3 heterocycles. The Morgan fingerprint density at radius 2 is 1.93 bits per heavy atom. The summed E-state index contributed by atoms with van der Waals surface area (Å²) < 4.78 is 5.26. The molecule has 30 heavy (non-hydrogen) atoms. The molecule has 6 heteroatoms. The second kappa shape index (κ2) is 8.53. The monoisotopic (exact) mass is 402 g/mol. The average molecular weight is 402 g/mol. The molecule has 1 amide bonds. The first kappa shape index (κ1) is 19.9. The van der Waals surface area contributed by atoms with Crippen LogP contribution in [0, 0.1) is 6.92 Å². The quantitative estimate of drug-likeness (QED) is 0.712.